The average Bonchev–Trinajstić information content (AvgIpc) is 2.56. The maximum absolute atomic E-state index is 12.1. The molecule has 1 aromatic heterocycles. The third-order valence-electron chi connectivity index (χ3n) is 4.04. The third kappa shape index (κ3) is 5.06. The number of pyridine rings is 1. The second-order valence-corrected chi connectivity index (χ2v) is 5.54. The van der Waals surface area contributed by atoms with Gasteiger partial charge in [-0.05, 0) is 37.4 Å². The molecular weight excluding hydrogens is 333 g/mol. The first-order valence-electron chi connectivity index (χ1n) is 7.68. The minimum Gasteiger partial charge on any atom is -0.354 e. The molecule has 1 saturated heterocycles. The van der Waals surface area contributed by atoms with Gasteiger partial charge >= 0.3 is 0 Å². The summed E-state index contributed by atoms with van der Waals surface area (Å²) in [5.41, 5.74) is 2.22. The van der Waals surface area contributed by atoms with E-state index in [1.807, 2.05) is 18.3 Å². The van der Waals surface area contributed by atoms with E-state index in [-0.39, 0.29) is 36.8 Å². The highest BCUT2D eigenvalue weighted by molar-refractivity contribution is 5.85. The number of halogens is 2. The minimum atomic E-state index is -0.00982. The molecule has 1 aliphatic rings. The molecule has 1 atom stereocenters. The molecule has 0 spiro atoms. The van der Waals surface area contributed by atoms with E-state index in [4.69, 9.17) is 0 Å². The van der Waals surface area contributed by atoms with E-state index in [1.54, 1.807) is 0 Å². The van der Waals surface area contributed by atoms with Crippen molar-refractivity contribution in [1.29, 1.82) is 0 Å². The molecule has 1 aromatic carbocycles. The van der Waals surface area contributed by atoms with E-state index in [2.05, 4.69) is 33.8 Å². The van der Waals surface area contributed by atoms with E-state index >= 15 is 0 Å². The Morgan fingerprint density at radius 2 is 2.04 bits per heavy atom. The second kappa shape index (κ2) is 9.71. The summed E-state index contributed by atoms with van der Waals surface area (Å²) in [4.78, 5) is 16.5. The largest absolute Gasteiger partial charge is 0.354 e. The Labute approximate surface area is 149 Å². The first-order valence-corrected chi connectivity index (χ1v) is 7.68. The Kier molecular flexibility index (Phi) is 8.31. The molecule has 2 heterocycles. The van der Waals surface area contributed by atoms with Crippen molar-refractivity contribution in [3.8, 4) is 0 Å². The highest BCUT2D eigenvalue weighted by Crippen LogP contribution is 2.16. The monoisotopic (exact) mass is 355 g/mol. The fourth-order valence-electron chi connectivity index (χ4n) is 2.89. The number of hydrogen-bond acceptors (Lipinski definition) is 3. The van der Waals surface area contributed by atoms with Crippen LogP contribution in [0.1, 0.15) is 24.8 Å². The number of nitrogens with zero attached hydrogens (tertiary/aromatic N) is 1. The normalized spacial score (nSPS) is 17.0. The number of piperidine rings is 1. The van der Waals surface area contributed by atoms with Crippen LogP contribution >= 0.6 is 24.8 Å². The van der Waals surface area contributed by atoms with E-state index < -0.39 is 0 Å². The molecule has 1 fully saturated rings. The molecule has 0 radical (unpaired) electrons. The van der Waals surface area contributed by atoms with Crippen molar-refractivity contribution in [3.63, 3.8) is 0 Å². The Hall–Kier alpha value is -1.36. The van der Waals surface area contributed by atoms with Crippen LogP contribution in [0.4, 0.5) is 0 Å². The summed E-state index contributed by atoms with van der Waals surface area (Å²) in [6.07, 6.45) is 5.88. The quantitative estimate of drug-likeness (QED) is 0.886. The second-order valence-electron chi connectivity index (χ2n) is 5.54. The maximum Gasteiger partial charge on any atom is 0.237 e. The number of hydrogen-bond donors (Lipinski definition) is 2. The molecule has 2 aromatic rings. The fraction of sp³-hybridized carbons (Fsp3) is 0.412. The molecule has 0 saturated carbocycles. The first-order chi connectivity index (χ1) is 10.3. The summed E-state index contributed by atoms with van der Waals surface area (Å²) in [6.45, 7) is 1.61. The number of nitrogens with one attached hydrogen (secondary N) is 2. The van der Waals surface area contributed by atoms with Gasteiger partial charge in [0.1, 0.15) is 0 Å². The highest BCUT2D eigenvalue weighted by atomic mass is 35.5. The van der Waals surface area contributed by atoms with Gasteiger partial charge in [-0.15, -0.1) is 24.8 Å². The van der Waals surface area contributed by atoms with Gasteiger partial charge in [-0.1, -0.05) is 30.7 Å². The van der Waals surface area contributed by atoms with Gasteiger partial charge in [0.2, 0.25) is 5.91 Å². The predicted octanol–water partition coefficient (Wildman–Crippen LogP) is 2.88. The molecule has 4 nitrogen and oxygen atoms in total. The van der Waals surface area contributed by atoms with Crippen molar-refractivity contribution in [2.75, 3.05) is 13.1 Å². The van der Waals surface area contributed by atoms with Crippen molar-refractivity contribution in [3.05, 3.63) is 42.1 Å². The molecule has 0 unspecified atom stereocenters. The molecule has 1 aliphatic heterocycles. The molecule has 6 heteroatoms. The average molecular weight is 356 g/mol. The Balaban J connectivity index is 0.00000132. The van der Waals surface area contributed by atoms with Gasteiger partial charge in [-0.2, -0.15) is 0 Å². The number of benzene rings is 1. The van der Waals surface area contributed by atoms with Gasteiger partial charge in [0.25, 0.3) is 0 Å². The van der Waals surface area contributed by atoms with Crippen LogP contribution in [0.15, 0.2) is 36.5 Å². The zero-order valence-electron chi connectivity index (χ0n) is 13.0. The van der Waals surface area contributed by atoms with E-state index in [1.165, 1.54) is 12.0 Å². The molecule has 2 N–H and O–H groups in total. The number of aromatic nitrogens is 1. The van der Waals surface area contributed by atoms with Crippen molar-refractivity contribution >= 4 is 41.6 Å². The molecule has 0 bridgehead atoms. The van der Waals surface area contributed by atoms with Crippen LogP contribution in [0, 0.1) is 0 Å². The van der Waals surface area contributed by atoms with E-state index in [0.717, 1.165) is 36.7 Å². The maximum atomic E-state index is 12.1. The van der Waals surface area contributed by atoms with Crippen LogP contribution in [-0.4, -0.2) is 30.0 Å². The van der Waals surface area contributed by atoms with Crippen molar-refractivity contribution < 1.29 is 4.79 Å². The Morgan fingerprint density at radius 3 is 2.83 bits per heavy atom. The minimum absolute atomic E-state index is 0. The zero-order chi connectivity index (χ0) is 14.5. The first kappa shape index (κ1) is 19.7. The number of rotatable bonds is 4. The molecule has 23 heavy (non-hydrogen) atoms. The topological polar surface area (TPSA) is 54.0 Å². The van der Waals surface area contributed by atoms with Gasteiger partial charge in [-0.25, -0.2) is 0 Å². The van der Waals surface area contributed by atoms with Crippen LogP contribution in [0.25, 0.3) is 10.9 Å². The van der Waals surface area contributed by atoms with Crippen molar-refractivity contribution in [2.45, 2.75) is 31.7 Å². The van der Waals surface area contributed by atoms with Gasteiger partial charge in [0.15, 0.2) is 0 Å². The SMILES string of the molecule is Cl.Cl.O=C(NCCc1cccc2cccnc12)[C@@H]1CCCCN1. The lowest BCUT2D eigenvalue weighted by atomic mass is 10.0. The zero-order valence-corrected chi connectivity index (χ0v) is 14.6. The van der Waals surface area contributed by atoms with E-state index in [9.17, 15) is 4.79 Å². The van der Waals surface area contributed by atoms with Crippen LogP contribution in [-0.2, 0) is 11.2 Å². The van der Waals surface area contributed by atoms with Crippen LogP contribution in [0.2, 0.25) is 0 Å². The number of amides is 1. The molecule has 3 rings (SSSR count). The number of fused-ring (bicyclic) bond motifs is 1. The molecule has 1 amide bonds. The summed E-state index contributed by atoms with van der Waals surface area (Å²) >= 11 is 0. The van der Waals surface area contributed by atoms with Crippen molar-refractivity contribution in [1.82, 2.24) is 15.6 Å². The lowest BCUT2D eigenvalue weighted by Gasteiger charge is -2.22. The number of carbonyl (C=O) groups excluding carboxylic acids is 1. The standard InChI is InChI=1S/C17H21N3O.2ClH/c21-17(15-8-1-2-10-18-15)20-12-9-14-6-3-5-13-7-4-11-19-16(13)14;;/h3-7,11,15,18H,1-2,8-10,12H2,(H,20,21);2*1H/t15-;;/m0../s1. The predicted molar refractivity (Wildman–Crippen MR) is 98.6 cm³/mol. The van der Waals surface area contributed by atoms with Gasteiger partial charge in [0.05, 0.1) is 11.6 Å². The number of carbonyl (C=O) groups is 1. The van der Waals surface area contributed by atoms with E-state index in [0.29, 0.717) is 6.54 Å². The van der Waals surface area contributed by atoms with Crippen molar-refractivity contribution in [2.24, 2.45) is 0 Å². The van der Waals surface area contributed by atoms with Crippen LogP contribution < -0.4 is 10.6 Å². The molecule has 0 aliphatic carbocycles. The summed E-state index contributed by atoms with van der Waals surface area (Å²) in [6, 6.07) is 10.2. The summed E-state index contributed by atoms with van der Waals surface area (Å²) in [5.74, 6) is 0.128. The third-order valence-corrected chi connectivity index (χ3v) is 4.04. The molecular formula is C17H23Cl2N3O. The van der Waals surface area contributed by atoms with Crippen LogP contribution in [0.3, 0.4) is 0 Å². The highest BCUT2D eigenvalue weighted by Gasteiger charge is 2.19. The summed E-state index contributed by atoms with van der Waals surface area (Å²) in [7, 11) is 0. The van der Waals surface area contributed by atoms with Gasteiger partial charge < -0.3 is 10.6 Å². The lowest BCUT2D eigenvalue weighted by Crippen LogP contribution is -2.47. The summed E-state index contributed by atoms with van der Waals surface area (Å²) in [5, 5.41) is 7.46. The molecule has 126 valence electrons. The number of para-hydroxylation sites is 1. The fourth-order valence-corrected chi connectivity index (χ4v) is 2.89. The summed E-state index contributed by atoms with van der Waals surface area (Å²) < 4.78 is 0. The Bertz CT molecular complexity index is 625. The Morgan fingerprint density at radius 1 is 1.22 bits per heavy atom. The smallest absolute Gasteiger partial charge is 0.237 e. The van der Waals surface area contributed by atoms with Gasteiger partial charge in [-0.3, -0.25) is 9.78 Å². The van der Waals surface area contributed by atoms with Gasteiger partial charge in [0, 0.05) is 18.1 Å². The lowest BCUT2D eigenvalue weighted by molar-refractivity contribution is -0.123. The van der Waals surface area contributed by atoms with Crippen LogP contribution in [0.5, 0.6) is 0 Å².